The molecule has 1 aromatic carbocycles. The van der Waals surface area contributed by atoms with Crippen LogP contribution in [-0.2, 0) is 10.9 Å². The van der Waals surface area contributed by atoms with Gasteiger partial charge in [-0.3, -0.25) is 4.99 Å². The van der Waals surface area contributed by atoms with Gasteiger partial charge in [0.15, 0.2) is 5.96 Å². The van der Waals surface area contributed by atoms with Gasteiger partial charge in [0.1, 0.15) is 12.4 Å². The molecule has 138 valence electrons. The number of nitrogens with zero attached hydrogens (tertiary/aromatic N) is 1. The molecule has 0 amide bonds. The summed E-state index contributed by atoms with van der Waals surface area (Å²) in [5, 5.41) is 6.04. The zero-order valence-corrected chi connectivity index (χ0v) is 16.1. The quantitative estimate of drug-likeness (QED) is 0.284. The largest absolute Gasteiger partial charge is 0.491 e. The van der Waals surface area contributed by atoms with Crippen LogP contribution in [0.25, 0.3) is 0 Å². The standard InChI is InChI=1S/C15H22F3N3O2.HI/c1-11(10-22-3)21-14(19-2)20-8-9-23-13-7-5-4-6-12(13)15(16,17)18;/h4-7,11H,8-10H2,1-3H3,(H2,19,20,21);1H. The average Bonchev–Trinajstić information content (AvgIpc) is 2.50. The van der Waals surface area contributed by atoms with E-state index >= 15 is 0 Å². The van der Waals surface area contributed by atoms with Crippen LogP contribution in [0.4, 0.5) is 13.2 Å². The highest BCUT2D eigenvalue weighted by atomic mass is 127. The van der Waals surface area contributed by atoms with Crippen molar-refractivity contribution in [2.75, 3.05) is 33.9 Å². The molecule has 2 N–H and O–H groups in total. The second kappa shape index (κ2) is 11.3. The summed E-state index contributed by atoms with van der Waals surface area (Å²) < 4.78 is 48.7. The maximum atomic E-state index is 12.8. The lowest BCUT2D eigenvalue weighted by atomic mass is 10.2. The molecule has 0 bridgehead atoms. The first-order valence-corrected chi connectivity index (χ1v) is 7.13. The molecule has 0 aliphatic rings. The molecule has 0 aliphatic carbocycles. The number of alkyl halides is 3. The normalized spacial score (nSPS) is 13.0. The lowest BCUT2D eigenvalue weighted by Gasteiger charge is -2.18. The predicted molar refractivity (Wildman–Crippen MR) is 98.2 cm³/mol. The first kappa shape index (κ1) is 22.8. The van der Waals surface area contributed by atoms with E-state index in [-0.39, 0.29) is 42.4 Å². The minimum atomic E-state index is -4.43. The Bertz CT molecular complexity index is 513. The van der Waals surface area contributed by atoms with Crippen LogP contribution in [0.15, 0.2) is 29.3 Å². The highest BCUT2D eigenvalue weighted by Crippen LogP contribution is 2.35. The Morgan fingerprint density at radius 1 is 1.29 bits per heavy atom. The number of nitrogens with one attached hydrogen (secondary N) is 2. The fraction of sp³-hybridized carbons (Fsp3) is 0.533. The summed E-state index contributed by atoms with van der Waals surface area (Å²) in [4.78, 5) is 4.01. The topological polar surface area (TPSA) is 54.9 Å². The zero-order chi connectivity index (χ0) is 17.3. The monoisotopic (exact) mass is 461 g/mol. The van der Waals surface area contributed by atoms with E-state index < -0.39 is 11.7 Å². The minimum absolute atomic E-state index is 0. The third kappa shape index (κ3) is 8.04. The maximum absolute atomic E-state index is 12.8. The number of hydrogen-bond donors (Lipinski definition) is 2. The first-order chi connectivity index (χ1) is 10.9. The van der Waals surface area contributed by atoms with E-state index in [4.69, 9.17) is 9.47 Å². The molecule has 1 unspecified atom stereocenters. The van der Waals surface area contributed by atoms with Gasteiger partial charge >= 0.3 is 6.18 Å². The molecular weight excluding hydrogens is 438 g/mol. The lowest BCUT2D eigenvalue weighted by molar-refractivity contribution is -0.138. The summed E-state index contributed by atoms with van der Waals surface area (Å²) in [7, 11) is 3.20. The van der Waals surface area contributed by atoms with Crippen molar-refractivity contribution in [2.24, 2.45) is 4.99 Å². The fourth-order valence-electron chi connectivity index (χ4n) is 1.88. The van der Waals surface area contributed by atoms with Gasteiger partial charge in [0.2, 0.25) is 0 Å². The van der Waals surface area contributed by atoms with Crippen molar-refractivity contribution >= 4 is 29.9 Å². The molecule has 0 saturated carbocycles. The van der Waals surface area contributed by atoms with Crippen molar-refractivity contribution < 1.29 is 22.6 Å². The summed E-state index contributed by atoms with van der Waals surface area (Å²) in [6, 6.07) is 5.19. The Labute approximate surface area is 157 Å². The van der Waals surface area contributed by atoms with E-state index in [0.717, 1.165) is 6.07 Å². The number of guanidine groups is 1. The molecule has 0 spiro atoms. The second-order valence-electron chi connectivity index (χ2n) is 4.84. The van der Waals surface area contributed by atoms with Crippen LogP contribution in [-0.4, -0.2) is 45.9 Å². The van der Waals surface area contributed by atoms with Crippen LogP contribution in [0.3, 0.4) is 0 Å². The first-order valence-electron chi connectivity index (χ1n) is 7.13. The number of hydrogen-bond acceptors (Lipinski definition) is 3. The van der Waals surface area contributed by atoms with E-state index in [1.165, 1.54) is 18.2 Å². The van der Waals surface area contributed by atoms with Crippen molar-refractivity contribution in [2.45, 2.75) is 19.1 Å². The van der Waals surface area contributed by atoms with Gasteiger partial charge in [-0.2, -0.15) is 13.2 Å². The summed E-state index contributed by atoms with van der Waals surface area (Å²) in [5.74, 6) is 0.347. The van der Waals surface area contributed by atoms with Crippen molar-refractivity contribution in [1.82, 2.24) is 10.6 Å². The van der Waals surface area contributed by atoms with E-state index in [1.807, 2.05) is 6.92 Å². The predicted octanol–water partition coefficient (Wildman–Crippen LogP) is 2.90. The number of para-hydroxylation sites is 1. The van der Waals surface area contributed by atoms with Crippen LogP contribution in [0.2, 0.25) is 0 Å². The molecule has 5 nitrogen and oxygen atoms in total. The van der Waals surface area contributed by atoms with Crippen molar-refractivity contribution in [3.05, 3.63) is 29.8 Å². The molecule has 0 aromatic heterocycles. The SMILES string of the molecule is CN=C(NCCOc1ccccc1C(F)(F)F)NC(C)COC.I. The summed E-state index contributed by atoms with van der Waals surface area (Å²) in [5.41, 5.74) is -0.781. The molecule has 0 heterocycles. The summed E-state index contributed by atoms with van der Waals surface area (Å²) in [6.45, 7) is 2.82. The highest BCUT2D eigenvalue weighted by molar-refractivity contribution is 14.0. The smallest absolute Gasteiger partial charge is 0.419 e. The Morgan fingerprint density at radius 3 is 2.54 bits per heavy atom. The Kier molecular flexibility index (Phi) is 10.8. The molecule has 0 radical (unpaired) electrons. The van der Waals surface area contributed by atoms with Gasteiger partial charge in [-0.05, 0) is 19.1 Å². The van der Waals surface area contributed by atoms with Gasteiger partial charge in [0.25, 0.3) is 0 Å². The van der Waals surface area contributed by atoms with Gasteiger partial charge in [-0.25, -0.2) is 0 Å². The van der Waals surface area contributed by atoms with Gasteiger partial charge in [-0.1, -0.05) is 12.1 Å². The second-order valence-corrected chi connectivity index (χ2v) is 4.84. The number of aliphatic imine (C=N–C) groups is 1. The average molecular weight is 461 g/mol. The number of rotatable bonds is 7. The molecule has 24 heavy (non-hydrogen) atoms. The van der Waals surface area contributed by atoms with Gasteiger partial charge < -0.3 is 20.1 Å². The Morgan fingerprint density at radius 2 is 1.96 bits per heavy atom. The molecule has 1 rings (SSSR count). The maximum Gasteiger partial charge on any atom is 0.419 e. The van der Waals surface area contributed by atoms with Crippen molar-refractivity contribution in [1.29, 1.82) is 0 Å². The zero-order valence-electron chi connectivity index (χ0n) is 13.8. The van der Waals surface area contributed by atoms with E-state index in [1.54, 1.807) is 14.2 Å². The number of benzene rings is 1. The molecule has 0 saturated heterocycles. The molecule has 0 fully saturated rings. The Hall–Kier alpha value is -1.23. The fourth-order valence-corrected chi connectivity index (χ4v) is 1.88. The van der Waals surface area contributed by atoms with E-state index in [9.17, 15) is 13.2 Å². The highest BCUT2D eigenvalue weighted by Gasteiger charge is 2.33. The number of methoxy groups -OCH3 is 1. The lowest BCUT2D eigenvalue weighted by Crippen LogP contribution is -2.45. The van der Waals surface area contributed by atoms with Gasteiger partial charge in [-0.15, -0.1) is 24.0 Å². The number of halogens is 4. The van der Waals surface area contributed by atoms with E-state index in [2.05, 4.69) is 15.6 Å². The van der Waals surface area contributed by atoms with Crippen LogP contribution in [0.1, 0.15) is 12.5 Å². The van der Waals surface area contributed by atoms with Crippen LogP contribution in [0, 0.1) is 0 Å². The van der Waals surface area contributed by atoms with E-state index in [0.29, 0.717) is 19.1 Å². The molecule has 1 atom stereocenters. The third-order valence-corrected chi connectivity index (χ3v) is 2.87. The molecular formula is C15H23F3IN3O2. The van der Waals surface area contributed by atoms with Gasteiger partial charge in [0.05, 0.1) is 18.7 Å². The summed E-state index contributed by atoms with van der Waals surface area (Å²) >= 11 is 0. The van der Waals surface area contributed by atoms with Crippen LogP contribution < -0.4 is 15.4 Å². The Balaban J connectivity index is 0.00000529. The third-order valence-electron chi connectivity index (χ3n) is 2.87. The van der Waals surface area contributed by atoms with Crippen LogP contribution >= 0.6 is 24.0 Å². The van der Waals surface area contributed by atoms with Crippen molar-refractivity contribution in [3.8, 4) is 5.75 Å². The van der Waals surface area contributed by atoms with Crippen molar-refractivity contribution in [3.63, 3.8) is 0 Å². The number of ether oxygens (including phenoxy) is 2. The van der Waals surface area contributed by atoms with Gasteiger partial charge in [0, 0.05) is 20.2 Å². The summed E-state index contributed by atoms with van der Waals surface area (Å²) in [6.07, 6.45) is -4.43. The van der Waals surface area contributed by atoms with Crippen LogP contribution in [0.5, 0.6) is 5.75 Å². The minimum Gasteiger partial charge on any atom is -0.491 e. The molecule has 0 aliphatic heterocycles. The molecule has 9 heteroatoms. The molecule has 1 aromatic rings.